The van der Waals surface area contributed by atoms with Crippen LogP contribution in [-0.4, -0.2) is 16.7 Å². The molecule has 0 radical (unpaired) electrons. The van der Waals surface area contributed by atoms with Crippen molar-refractivity contribution in [2.75, 3.05) is 7.11 Å². The van der Waals surface area contributed by atoms with Crippen LogP contribution in [0.4, 0.5) is 0 Å². The van der Waals surface area contributed by atoms with Crippen molar-refractivity contribution in [3.8, 4) is 5.75 Å². The van der Waals surface area contributed by atoms with Gasteiger partial charge in [0.05, 0.1) is 18.2 Å². The molecule has 1 atom stereocenters. The van der Waals surface area contributed by atoms with E-state index in [2.05, 4.69) is 21.7 Å². The van der Waals surface area contributed by atoms with Gasteiger partial charge in [0.2, 0.25) is 0 Å². The van der Waals surface area contributed by atoms with E-state index in [1.165, 1.54) is 17.1 Å². The third kappa shape index (κ3) is 3.25. The quantitative estimate of drug-likeness (QED) is 0.882. The van der Waals surface area contributed by atoms with Crippen LogP contribution in [0, 0.1) is 0 Å². The summed E-state index contributed by atoms with van der Waals surface area (Å²) in [5, 5.41) is 3.79. The summed E-state index contributed by atoms with van der Waals surface area (Å²) < 4.78 is 8.93. The van der Waals surface area contributed by atoms with E-state index >= 15 is 0 Å². The smallest absolute Gasteiger partial charge is 0.118 e. The van der Waals surface area contributed by atoms with Crippen LogP contribution in [0.15, 0.2) is 30.5 Å². The molecule has 0 bridgehead atoms. The molecule has 1 unspecified atom stereocenters. The maximum absolute atomic E-state index is 6.05. The SMILES string of the molecule is COc1ccc(CCC(N)c2cnns2)cc1. The molecule has 0 aliphatic heterocycles. The van der Waals surface area contributed by atoms with E-state index < -0.39 is 0 Å². The van der Waals surface area contributed by atoms with Crippen molar-refractivity contribution in [2.24, 2.45) is 5.73 Å². The highest BCUT2D eigenvalue weighted by molar-refractivity contribution is 7.05. The number of hydrogen-bond acceptors (Lipinski definition) is 5. The van der Waals surface area contributed by atoms with Crippen molar-refractivity contribution in [3.63, 3.8) is 0 Å². The molecule has 2 rings (SSSR count). The summed E-state index contributed by atoms with van der Waals surface area (Å²) >= 11 is 1.37. The molecule has 17 heavy (non-hydrogen) atoms. The molecule has 5 heteroatoms. The number of aromatic nitrogens is 2. The molecular formula is C12H15N3OS. The first-order valence-corrected chi connectivity index (χ1v) is 6.22. The normalized spacial score (nSPS) is 12.4. The molecule has 0 amide bonds. The number of rotatable bonds is 5. The molecule has 0 saturated heterocycles. The molecule has 0 saturated carbocycles. The number of methoxy groups -OCH3 is 1. The molecule has 1 aromatic carbocycles. The van der Waals surface area contributed by atoms with Crippen LogP contribution in [0.25, 0.3) is 0 Å². The number of nitrogens with two attached hydrogens (primary N) is 1. The van der Waals surface area contributed by atoms with Crippen molar-refractivity contribution >= 4 is 11.5 Å². The monoisotopic (exact) mass is 249 g/mol. The first kappa shape index (κ1) is 12.0. The zero-order valence-electron chi connectivity index (χ0n) is 9.67. The lowest BCUT2D eigenvalue weighted by molar-refractivity contribution is 0.414. The van der Waals surface area contributed by atoms with Crippen LogP contribution in [-0.2, 0) is 6.42 Å². The Kier molecular flexibility index (Phi) is 4.06. The van der Waals surface area contributed by atoms with Gasteiger partial charge in [-0.05, 0) is 42.1 Å². The second-order valence-corrected chi connectivity index (χ2v) is 4.63. The van der Waals surface area contributed by atoms with Crippen LogP contribution >= 0.6 is 11.5 Å². The topological polar surface area (TPSA) is 61.0 Å². The molecule has 4 nitrogen and oxygen atoms in total. The molecule has 0 spiro atoms. The summed E-state index contributed by atoms with van der Waals surface area (Å²) in [6.45, 7) is 0. The van der Waals surface area contributed by atoms with Gasteiger partial charge < -0.3 is 10.5 Å². The zero-order chi connectivity index (χ0) is 12.1. The van der Waals surface area contributed by atoms with Crippen LogP contribution in [0.5, 0.6) is 5.75 Å². The van der Waals surface area contributed by atoms with E-state index in [0.717, 1.165) is 23.5 Å². The van der Waals surface area contributed by atoms with Gasteiger partial charge in [-0.3, -0.25) is 0 Å². The number of aryl methyl sites for hydroxylation is 1. The molecular weight excluding hydrogens is 234 g/mol. The Labute approximate surface area is 105 Å². The van der Waals surface area contributed by atoms with Gasteiger partial charge in [-0.25, -0.2) is 0 Å². The van der Waals surface area contributed by atoms with Gasteiger partial charge in [-0.15, -0.1) is 5.10 Å². The fraction of sp³-hybridized carbons (Fsp3) is 0.333. The lowest BCUT2D eigenvalue weighted by atomic mass is 10.1. The third-order valence-electron chi connectivity index (χ3n) is 2.65. The molecule has 0 fully saturated rings. The van der Waals surface area contributed by atoms with Crippen LogP contribution in [0.3, 0.4) is 0 Å². The minimum Gasteiger partial charge on any atom is -0.497 e. The Balaban J connectivity index is 1.89. The van der Waals surface area contributed by atoms with E-state index in [0.29, 0.717) is 0 Å². The van der Waals surface area contributed by atoms with Gasteiger partial charge in [0.25, 0.3) is 0 Å². The lowest BCUT2D eigenvalue weighted by Gasteiger charge is -2.08. The number of benzene rings is 1. The average Bonchev–Trinajstić information content (AvgIpc) is 2.90. The van der Waals surface area contributed by atoms with Gasteiger partial charge >= 0.3 is 0 Å². The van der Waals surface area contributed by atoms with Gasteiger partial charge in [0.1, 0.15) is 5.75 Å². The van der Waals surface area contributed by atoms with Gasteiger partial charge in [-0.1, -0.05) is 16.6 Å². The second-order valence-electron chi connectivity index (χ2n) is 3.81. The van der Waals surface area contributed by atoms with E-state index in [1.54, 1.807) is 13.3 Å². The van der Waals surface area contributed by atoms with Crippen molar-refractivity contribution < 1.29 is 4.74 Å². The Bertz CT molecular complexity index is 441. The summed E-state index contributed by atoms with van der Waals surface area (Å²) in [5.74, 6) is 0.879. The average molecular weight is 249 g/mol. The van der Waals surface area contributed by atoms with Crippen LogP contribution in [0.2, 0.25) is 0 Å². The van der Waals surface area contributed by atoms with Crippen molar-refractivity contribution in [3.05, 3.63) is 40.9 Å². The standard InChI is InChI=1S/C12H15N3OS/c1-16-10-5-2-9(3-6-10)4-7-11(13)12-8-14-15-17-12/h2-3,5-6,8,11H,4,7,13H2,1H3. The fourth-order valence-electron chi connectivity index (χ4n) is 1.59. The number of hydrogen-bond donors (Lipinski definition) is 1. The first-order valence-electron chi connectivity index (χ1n) is 5.45. The lowest BCUT2D eigenvalue weighted by Crippen LogP contribution is -2.09. The minimum absolute atomic E-state index is 0.0251. The van der Waals surface area contributed by atoms with E-state index in [4.69, 9.17) is 10.5 Å². The maximum atomic E-state index is 6.05. The van der Waals surface area contributed by atoms with Crippen LogP contribution < -0.4 is 10.5 Å². The van der Waals surface area contributed by atoms with Crippen molar-refractivity contribution in [2.45, 2.75) is 18.9 Å². The third-order valence-corrected chi connectivity index (χ3v) is 3.44. The molecule has 2 aromatic rings. The molecule has 1 heterocycles. The maximum Gasteiger partial charge on any atom is 0.118 e. The van der Waals surface area contributed by atoms with Crippen molar-refractivity contribution in [1.82, 2.24) is 9.59 Å². The van der Waals surface area contributed by atoms with E-state index in [-0.39, 0.29) is 6.04 Å². The number of ether oxygens (including phenoxy) is 1. The summed E-state index contributed by atoms with van der Waals surface area (Å²) in [5.41, 5.74) is 7.31. The second kappa shape index (κ2) is 5.75. The first-order chi connectivity index (χ1) is 8.29. The summed E-state index contributed by atoms with van der Waals surface area (Å²) in [4.78, 5) is 1.04. The molecule has 2 N–H and O–H groups in total. The van der Waals surface area contributed by atoms with Crippen LogP contribution in [0.1, 0.15) is 22.9 Å². The van der Waals surface area contributed by atoms with Gasteiger partial charge in [0.15, 0.2) is 0 Å². The zero-order valence-corrected chi connectivity index (χ0v) is 10.5. The summed E-state index contributed by atoms with van der Waals surface area (Å²) in [6.07, 6.45) is 3.59. The minimum atomic E-state index is 0.0251. The van der Waals surface area contributed by atoms with Crippen molar-refractivity contribution in [1.29, 1.82) is 0 Å². The Morgan fingerprint density at radius 3 is 2.71 bits per heavy atom. The Hall–Kier alpha value is -1.46. The van der Waals surface area contributed by atoms with E-state index in [1.807, 2.05) is 12.1 Å². The van der Waals surface area contributed by atoms with Gasteiger partial charge in [0, 0.05) is 6.04 Å². The highest BCUT2D eigenvalue weighted by Crippen LogP contribution is 2.19. The highest BCUT2D eigenvalue weighted by Gasteiger charge is 2.08. The largest absolute Gasteiger partial charge is 0.497 e. The van der Waals surface area contributed by atoms with E-state index in [9.17, 15) is 0 Å². The highest BCUT2D eigenvalue weighted by atomic mass is 32.1. The Morgan fingerprint density at radius 1 is 1.35 bits per heavy atom. The summed E-state index contributed by atoms with van der Waals surface area (Å²) in [6, 6.07) is 8.09. The fourth-order valence-corrected chi connectivity index (χ4v) is 2.13. The molecule has 90 valence electrons. The predicted molar refractivity (Wildman–Crippen MR) is 68.2 cm³/mol. The molecule has 1 aromatic heterocycles. The Morgan fingerprint density at radius 2 is 2.12 bits per heavy atom. The predicted octanol–water partition coefficient (Wildman–Crippen LogP) is 2.18. The molecule has 0 aliphatic rings. The molecule has 0 aliphatic carbocycles. The summed E-state index contributed by atoms with van der Waals surface area (Å²) in [7, 11) is 1.67. The van der Waals surface area contributed by atoms with Gasteiger partial charge in [-0.2, -0.15) is 0 Å². The number of nitrogens with zero attached hydrogens (tertiary/aromatic N) is 2.